The van der Waals surface area contributed by atoms with E-state index < -0.39 is 0 Å². The number of fused-ring (bicyclic) bond motifs is 1. The fourth-order valence-electron chi connectivity index (χ4n) is 2.14. The van der Waals surface area contributed by atoms with Gasteiger partial charge < -0.3 is 4.52 Å². The van der Waals surface area contributed by atoms with Gasteiger partial charge in [0.25, 0.3) is 0 Å². The van der Waals surface area contributed by atoms with Crippen molar-refractivity contribution in [3.8, 4) is 11.5 Å². The van der Waals surface area contributed by atoms with Crippen molar-refractivity contribution in [2.24, 2.45) is 0 Å². The summed E-state index contributed by atoms with van der Waals surface area (Å²) in [4.78, 5) is 0. The summed E-state index contributed by atoms with van der Waals surface area (Å²) in [6.07, 6.45) is 2.34. The first kappa shape index (κ1) is 10.9. The van der Waals surface area contributed by atoms with Crippen molar-refractivity contribution >= 4 is 17.2 Å². The summed E-state index contributed by atoms with van der Waals surface area (Å²) >= 11 is 6.23. The lowest BCUT2D eigenvalue weighted by Gasteiger charge is -2.02. The van der Waals surface area contributed by atoms with E-state index in [0.29, 0.717) is 34.0 Å². The molecule has 0 aliphatic heterocycles. The van der Waals surface area contributed by atoms with Gasteiger partial charge in [-0.05, 0) is 37.3 Å². The lowest BCUT2D eigenvalue weighted by atomic mass is 10.2. The van der Waals surface area contributed by atoms with Crippen molar-refractivity contribution in [1.29, 1.82) is 0 Å². The molecule has 3 aromatic rings. The fraction of sp³-hybridized carbons (Fsp3) is 0.333. The van der Waals surface area contributed by atoms with E-state index >= 15 is 0 Å². The van der Waals surface area contributed by atoms with E-state index in [1.54, 1.807) is 10.6 Å². The molecule has 3 aromatic heterocycles. The molecule has 0 aromatic carbocycles. The molecule has 1 saturated carbocycles. The van der Waals surface area contributed by atoms with Gasteiger partial charge in [-0.15, -0.1) is 10.2 Å². The van der Waals surface area contributed by atoms with Crippen LogP contribution in [-0.4, -0.2) is 25.0 Å². The van der Waals surface area contributed by atoms with Crippen LogP contribution in [0, 0.1) is 6.92 Å². The van der Waals surface area contributed by atoms with Crippen LogP contribution in [-0.2, 0) is 0 Å². The normalized spacial score (nSPS) is 15.3. The Morgan fingerprint density at radius 3 is 2.84 bits per heavy atom. The molecule has 4 rings (SSSR count). The highest BCUT2D eigenvalue weighted by molar-refractivity contribution is 6.30. The topological polar surface area (TPSA) is 69.1 Å². The molecule has 1 aliphatic carbocycles. The molecule has 19 heavy (non-hydrogen) atoms. The lowest BCUT2D eigenvalue weighted by molar-refractivity contribution is 0.399. The molecule has 0 radical (unpaired) electrons. The van der Waals surface area contributed by atoms with Gasteiger partial charge in [0, 0.05) is 6.07 Å². The highest BCUT2D eigenvalue weighted by atomic mass is 35.5. The van der Waals surface area contributed by atoms with Crippen molar-refractivity contribution in [2.75, 3.05) is 0 Å². The molecule has 0 bridgehead atoms. The van der Waals surface area contributed by atoms with Crippen LogP contribution in [0.25, 0.3) is 17.2 Å². The molecule has 1 fully saturated rings. The summed E-state index contributed by atoms with van der Waals surface area (Å²) in [7, 11) is 0. The predicted octanol–water partition coefficient (Wildman–Crippen LogP) is 2.62. The van der Waals surface area contributed by atoms with E-state index in [1.165, 1.54) is 12.8 Å². The van der Waals surface area contributed by atoms with Crippen molar-refractivity contribution in [2.45, 2.75) is 25.7 Å². The Kier molecular flexibility index (Phi) is 2.17. The Hall–Kier alpha value is -1.95. The summed E-state index contributed by atoms with van der Waals surface area (Å²) in [5.74, 6) is 1.78. The minimum Gasteiger partial charge on any atom is -0.361 e. The number of halogens is 1. The van der Waals surface area contributed by atoms with Crippen LogP contribution in [0.1, 0.15) is 30.1 Å². The third-order valence-corrected chi connectivity index (χ3v) is 3.54. The van der Waals surface area contributed by atoms with Gasteiger partial charge in [0.1, 0.15) is 5.76 Å². The average molecular weight is 276 g/mol. The molecule has 0 unspecified atom stereocenters. The average Bonchev–Trinajstić information content (AvgIpc) is 3.02. The van der Waals surface area contributed by atoms with Gasteiger partial charge in [-0.25, -0.2) is 0 Å². The summed E-state index contributed by atoms with van der Waals surface area (Å²) < 4.78 is 6.65. The smallest absolute Gasteiger partial charge is 0.207 e. The minimum atomic E-state index is 0.510. The quantitative estimate of drug-likeness (QED) is 0.719. The van der Waals surface area contributed by atoms with Crippen LogP contribution in [0.2, 0.25) is 5.15 Å². The van der Waals surface area contributed by atoms with Crippen molar-refractivity contribution in [1.82, 2.24) is 25.0 Å². The van der Waals surface area contributed by atoms with Crippen LogP contribution >= 0.6 is 11.6 Å². The van der Waals surface area contributed by atoms with E-state index in [-0.39, 0.29) is 0 Å². The number of rotatable bonds is 2. The van der Waals surface area contributed by atoms with E-state index in [2.05, 4.69) is 20.5 Å². The van der Waals surface area contributed by atoms with Gasteiger partial charge in [-0.1, -0.05) is 16.8 Å². The van der Waals surface area contributed by atoms with Crippen LogP contribution in [0.15, 0.2) is 16.7 Å². The lowest BCUT2D eigenvalue weighted by Crippen LogP contribution is -1.98. The van der Waals surface area contributed by atoms with Gasteiger partial charge in [-0.2, -0.15) is 9.61 Å². The molecular weight excluding hydrogens is 266 g/mol. The summed E-state index contributed by atoms with van der Waals surface area (Å²) in [6, 6.07) is 3.75. The molecular formula is C12H10ClN5O. The number of aryl methyl sites for hydroxylation is 1. The Labute approximate surface area is 113 Å². The number of hydrogen-bond donors (Lipinski definition) is 0. The van der Waals surface area contributed by atoms with Crippen LogP contribution in [0.4, 0.5) is 0 Å². The standard InChI is InChI=1S/C12H10ClN5O/c1-6-4-9(17-19-6)12-15-14-10-5-8(7-2-3-7)11(13)16-18(10)12/h4-5,7H,2-3H2,1H3. The first-order valence-electron chi connectivity index (χ1n) is 6.08. The molecule has 7 heteroatoms. The highest BCUT2D eigenvalue weighted by Crippen LogP contribution is 2.42. The molecule has 6 nitrogen and oxygen atoms in total. The van der Waals surface area contributed by atoms with E-state index in [9.17, 15) is 0 Å². The maximum atomic E-state index is 6.23. The zero-order valence-electron chi connectivity index (χ0n) is 10.2. The fourth-order valence-corrected chi connectivity index (χ4v) is 2.42. The van der Waals surface area contributed by atoms with Crippen LogP contribution in [0.3, 0.4) is 0 Å². The molecule has 3 heterocycles. The molecule has 96 valence electrons. The van der Waals surface area contributed by atoms with Crippen molar-refractivity contribution < 1.29 is 4.52 Å². The van der Waals surface area contributed by atoms with Gasteiger partial charge in [0.2, 0.25) is 5.82 Å². The van der Waals surface area contributed by atoms with Gasteiger partial charge >= 0.3 is 0 Å². The van der Waals surface area contributed by atoms with Crippen molar-refractivity contribution in [3.63, 3.8) is 0 Å². The third-order valence-electron chi connectivity index (χ3n) is 3.25. The Bertz CT molecular complexity index is 774. The second kappa shape index (κ2) is 3.77. The summed E-state index contributed by atoms with van der Waals surface area (Å²) in [5.41, 5.74) is 2.35. The molecule has 0 N–H and O–H groups in total. The second-order valence-corrected chi connectivity index (χ2v) is 5.14. The maximum absolute atomic E-state index is 6.23. The SMILES string of the molecule is Cc1cc(-c2nnc3cc(C4CC4)c(Cl)nn23)no1. The summed E-state index contributed by atoms with van der Waals surface area (Å²) in [5, 5.41) is 17.0. The zero-order chi connectivity index (χ0) is 13.0. The molecule has 0 spiro atoms. The van der Waals surface area contributed by atoms with Gasteiger partial charge in [-0.3, -0.25) is 0 Å². The third kappa shape index (κ3) is 1.71. The monoisotopic (exact) mass is 275 g/mol. The zero-order valence-corrected chi connectivity index (χ0v) is 10.9. The van der Waals surface area contributed by atoms with E-state index in [0.717, 1.165) is 5.56 Å². The van der Waals surface area contributed by atoms with E-state index in [4.69, 9.17) is 16.1 Å². The Balaban J connectivity index is 1.91. The summed E-state index contributed by atoms with van der Waals surface area (Å²) in [6.45, 7) is 1.82. The molecule has 0 saturated heterocycles. The van der Waals surface area contributed by atoms with E-state index in [1.807, 2.05) is 13.0 Å². The molecule has 0 amide bonds. The minimum absolute atomic E-state index is 0.510. The van der Waals surface area contributed by atoms with Crippen LogP contribution in [0.5, 0.6) is 0 Å². The predicted molar refractivity (Wildman–Crippen MR) is 68.0 cm³/mol. The maximum Gasteiger partial charge on any atom is 0.207 e. The number of aromatic nitrogens is 5. The number of hydrogen-bond acceptors (Lipinski definition) is 5. The van der Waals surface area contributed by atoms with Gasteiger partial charge in [0.15, 0.2) is 16.5 Å². The molecule has 1 aliphatic rings. The first-order chi connectivity index (χ1) is 9.22. The first-order valence-corrected chi connectivity index (χ1v) is 6.46. The highest BCUT2D eigenvalue weighted by Gasteiger charge is 2.28. The van der Waals surface area contributed by atoms with Crippen molar-refractivity contribution in [3.05, 3.63) is 28.6 Å². The Morgan fingerprint density at radius 2 is 2.16 bits per heavy atom. The second-order valence-electron chi connectivity index (χ2n) is 4.78. The van der Waals surface area contributed by atoms with Crippen LogP contribution < -0.4 is 0 Å². The largest absolute Gasteiger partial charge is 0.361 e. The molecule has 0 atom stereocenters. The Morgan fingerprint density at radius 1 is 1.32 bits per heavy atom. The number of nitrogens with zero attached hydrogens (tertiary/aromatic N) is 5. The van der Waals surface area contributed by atoms with Gasteiger partial charge in [0.05, 0.1) is 0 Å².